The fraction of sp³-hybridized carbons (Fsp3) is 0.268. The predicted octanol–water partition coefficient (Wildman–Crippen LogP) is 7.58. The van der Waals surface area contributed by atoms with Crippen LogP contribution in [-0.4, -0.2) is 71.3 Å². The van der Waals surface area contributed by atoms with Crippen molar-refractivity contribution in [3.8, 4) is 11.4 Å². The van der Waals surface area contributed by atoms with Crippen molar-refractivity contribution in [1.82, 2.24) is 59.5 Å². The van der Waals surface area contributed by atoms with Crippen molar-refractivity contribution in [2.24, 2.45) is 0 Å². The largest absolute Gasteiger partial charge is 0.435 e. The smallest absolute Gasteiger partial charge is 0.324 e. The van der Waals surface area contributed by atoms with Crippen LogP contribution in [0.3, 0.4) is 0 Å². The molecule has 2 aliphatic carbocycles. The molecule has 16 nitrogen and oxygen atoms in total. The average Bonchev–Trinajstić information content (AvgIpc) is 4.08. The number of carbonyl (C=O) groups is 2. The van der Waals surface area contributed by atoms with E-state index in [-0.39, 0.29) is 40.9 Å². The predicted molar refractivity (Wildman–Crippen MR) is 212 cm³/mol. The summed E-state index contributed by atoms with van der Waals surface area (Å²) in [6, 6.07) is 18.4. The molecule has 2 aromatic carbocycles. The first kappa shape index (κ1) is 39.6. The Labute approximate surface area is 350 Å². The second kappa shape index (κ2) is 15.1. The summed E-state index contributed by atoms with van der Waals surface area (Å²) in [6.45, 7) is 0. The van der Waals surface area contributed by atoms with Gasteiger partial charge in [0, 0.05) is 53.4 Å². The summed E-state index contributed by atoms with van der Waals surface area (Å²) in [5.41, 5.74) is 1.37. The number of anilines is 2. The quantitative estimate of drug-likeness (QED) is 0.116. The molecule has 2 fully saturated rings. The number of amides is 2. The summed E-state index contributed by atoms with van der Waals surface area (Å²) in [7, 11) is 0. The molecule has 10 rings (SSSR count). The topological polar surface area (TPSA) is 181 Å². The Kier molecular flexibility index (Phi) is 9.51. The number of nitrogens with one attached hydrogen (secondary N) is 2. The molecule has 0 radical (unpaired) electrons. The van der Waals surface area contributed by atoms with Crippen LogP contribution in [0.4, 0.5) is 37.7 Å². The van der Waals surface area contributed by atoms with E-state index in [1.54, 1.807) is 48.5 Å². The summed E-state index contributed by atoms with van der Waals surface area (Å²) >= 11 is 0. The molecule has 2 N–H and O–H groups in total. The van der Waals surface area contributed by atoms with E-state index in [1.807, 2.05) is 0 Å². The first-order valence-corrected chi connectivity index (χ1v) is 19.8. The van der Waals surface area contributed by atoms with Crippen molar-refractivity contribution in [3.63, 3.8) is 0 Å². The number of hydrogen-bond acceptors (Lipinski definition) is 10. The molecule has 63 heavy (non-hydrogen) atoms. The van der Waals surface area contributed by atoms with E-state index in [1.165, 1.54) is 55.4 Å². The lowest BCUT2D eigenvalue weighted by atomic mass is 10.0. The van der Waals surface area contributed by atoms with Crippen molar-refractivity contribution in [3.05, 3.63) is 120 Å². The van der Waals surface area contributed by atoms with E-state index in [4.69, 9.17) is 0 Å². The summed E-state index contributed by atoms with van der Waals surface area (Å²) in [5.74, 6) is -1.39. The number of aromatic nitrogens is 12. The standard InChI is InChI=1S/C41H32F6N14O2/c42-40(43,44)34-20-30(22-5-6-22)58(54-34)26-13-9-24(10-14-26)50-38(62)32(60-36-28(52-56-60)3-1-17-48-36)19-33(61-37-29(53-57-61)4-2-18-49-37)39(63)51-25-11-15-27(16-12-25)59-31(23-7-8-23)21-35(55-59)41(45,46)47/h1-4,9-18,20-23,32-33H,5-8,19H2,(H,50,62)(H,51,63). The van der Waals surface area contributed by atoms with Gasteiger partial charge in [0.25, 0.3) is 0 Å². The molecule has 2 unspecified atom stereocenters. The van der Waals surface area contributed by atoms with Crippen molar-refractivity contribution in [2.75, 3.05) is 10.6 Å². The molecule has 6 heterocycles. The van der Waals surface area contributed by atoms with Gasteiger partial charge in [-0.05, 0) is 111 Å². The number of benzene rings is 2. The van der Waals surface area contributed by atoms with Gasteiger partial charge in [0.1, 0.15) is 23.1 Å². The molecule has 0 bridgehead atoms. The molecular formula is C41H32F6N14O2. The Hall–Kier alpha value is -7.52. The fourth-order valence-corrected chi connectivity index (χ4v) is 7.48. The van der Waals surface area contributed by atoms with Gasteiger partial charge in [-0.15, -0.1) is 10.2 Å². The van der Waals surface area contributed by atoms with Gasteiger partial charge in [-0.2, -0.15) is 36.5 Å². The van der Waals surface area contributed by atoms with Gasteiger partial charge in [-0.3, -0.25) is 9.59 Å². The Morgan fingerprint density at radius 2 is 1.00 bits per heavy atom. The third kappa shape index (κ3) is 7.82. The van der Waals surface area contributed by atoms with Crippen molar-refractivity contribution in [2.45, 2.75) is 68.4 Å². The maximum absolute atomic E-state index is 14.5. The molecule has 0 saturated heterocycles. The number of rotatable bonds is 12. The summed E-state index contributed by atoms with van der Waals surface area (Å²) in [4.78, 5) is 37.8. The van der Waals surface area contributed by atoms with Crippen molar-refractivity contribution < 1.29 is 35.9 Å². The molecule has 2 aliphatic rings. The third-order valence-corrected chi connectivity index (χ3v) is 10.9. The third-order valence-electron chi connectivity index (χ3n) is 10.9. The molecule has 6 aromatic heterocycles. The molecule has 0 spiro atoms. The van der Waals surface area contributed by atoms with Crippen LogP contribution < -0.4 is 10.6 Å². The van der Waals surface area contributed by atoms with E-state index in [0.717, 1.165) is 37.8 Å². The second-order valence-electron chi connectivity index (χ2n) is 15.4. The van der Waals surface area contributed by atoms with E-state index in [9.17, 15) is 35.9 Å². The second-order valence-corrected chi connectivity index (χ2v) is 15.4. The fourth-order valence-electron chi connectivity index (χ4n) is 7.48. The van der Waals surface area contributed by atoms with Crippen LogP contribution in [-0.2, 0) is 21.9 Å². The molecule has 8 aromatic rings. The zero-order valence-electron chi connectivity index (χ0n) is 32.5. The molecule has 320 valence electrons. The Balaban J connectivity index is 0.962. The van der Waals surface area contributed by atoms with E-state index < -0.39 is 47.6 Å². The highest BCUT2D eigenvalue weighted by molar-refractivity contribution is 5.97. The highest BCUT2D eigenvalue weighted by Gasteiger charge is 2.40. The van der Waals surface area contributed by atoms with Crippen LogP contribution in [0.2, 0.25) is 0 Å². The highest BCUT2D eigenvalue weighted by Crippen LogP contribution is 2.44. The van der Waals surface area contributed by atoms with Gasteiger partial charge in [0.05, 0.1) is 11.4 Å². The van der Waals surface area contributed by atoms with Crippen LogP contribution >= 0.6 is 0 Å². The lowest BCUT2D eigenvalue weighted by molar-refractivity contribution is -0.142. The van der Waals surface area contributed by atoms with Gasteiger partial charge in [0.15, 0.2) is 22.7 Å². The molecule has 22 heteroatoms. The molecule has 2 amide bonds. The number of carbonyl (C=O) groups excluding carboxylic acids is 2. The van der Waals surface area contributed by atoms with Crippen LogP contribution in [0.15, 0.2) is 97.3 Å². The van der Waals surface area contributed by atoms with Crippen LogP contribution in [0.25, 0.3) is 33.7 Å². The van der Waals surface area contributed by atoms with Crippen LogP contribution in [0, 0.1) is 0 Å². The summed E-state index contributed by atoms with van der Waals surface area (Å²) in [6.07, 6.45) is -3.58. The first-order chi connectivity index (χ1) is 30.3. The molecule has 0 aliphatic heterocycles. The van der Waals surface area contributed by atoms with E-state index in [2.05, 4.69) is 51.4 Å². The van der Waals surface area contributed by atoms with Gasteiger partial charge < -0.3 is 10.6 Å². The Morgan fingerprint density at radius 1 is 0.603 bits per heavy atom. The Morgan fingerprint density at radius 3 is 1.37 bits per heavy atom. The summed E-state index contributed by atoms with van der Waals surface area (Å²) in [5, 5.41) is 30.2. The lowest BCUT2D eigenvalue weighted by Crippen LogP contribution is -2.34. The lowest BCUT2D eigenvalue weighted by Gasteiger charge is -2.23. The van der Waals surface area contributed by atoms with Gasteiger partial charge in [0.2, 0.25) is 11.8 Å². The normalized spacial score (nSPS) is 15.5. The van der Waals surface area contributed by atoms with Crippen LogP contribution in [0.1, 0.15) is 78.8 Å². The average molecular weight is 867 g/mol. The minimum atomic E-state index is -4.63. The van der Waals surface area contributed by atoms with Gasteiger partial charge in [-0.1, -0.05) is 10.4 Å². The zero-order valence-corrected chi connectivity index (χ0v) is 32.5. The maximum Gasteiger partial charge on any atom is 0.435 e. The number of nitrogens with zero attached hydrogens (tertiary/aromatic N) is 12. The number of hydrogen-bond donors (Lipinski definition) is 2. The highest BCUT2D eigenvalue weighted by atomic mass is 19.4. The minimum absolute atomic E-state index is 0.0425. The molecule has 2 saturated carbocycles. The summed E-state index contributed by atoms with van der Waals surface area (Å²) < 4.78 is 86.8. The number of fused-ring (bicyclic) bond motifs is 2. The van der Waals surface area contributed by atoms with E-state index >= 15 is 0 Å². The molecular weight excluding hydrogens is 835 g/mol. The van der Waals surface area contributed by atoms with Gasteiger partial charge in [-0.25, -0.2) is 28.7 Å². The monoisotopic (exact) mass is 866 g/mol. The van der Waals surface area contributed by atoms with Gasteiger partial charge >= 0.3 is 12.4 Å². The number of pyridine rings is 2. The van der Waals surface area contributed by atoms with Crippen LogP contribution in [0.5, 0.6) is 0 Å². The molecule has 2 atom stereocenters. The number of alkyl halides is 6. The minimum Gasteiger partial charge on any atom is -0.324 e. The van der Waals surface area contributed by atoms with E-state index in [0.29, 0.717) is 33.8 Å². The Bertz CT molecular complexity index is 2800. The van der Waals surface area contributed by atoms with Crippen molar-refractivity contribution in [1.29, 1.82) is 0 Å². The first-order valence-electron chi connectivity index (χ1n) is 19.8. The zero-order chi connectivity index (χ0) is 43.6. The SMILES string of the molecule is O=C(Nc1ccc(-n2nc(C(F)(F)F)cc2C2CC2)cc1)C(CC(C(=O)Nc1ccc(-n2nc(C(F)(F)F)cc2C2CC2)cc1)n1nnc2cccnc21)n1nnc2cccnc21. The van der Waals surface area contributed by atoms with Crippen molar-refractivity contribution >= 4 is 45.5 Å². The number of halogens is 6. The maximum atomic E-state index is 14.5.